The fourth-order valence-electron chi connectivity index (χ4n) is 1.96. The molecule has 0 radical (unpaired) electrons. The molecular weight excluding hydrogens is 288 g/mol. The SMILES string of the molecule is Cc1cccc(NC(=O)c2ccc(Cl)c(B(O)O)c2)c1C. The van der Waals surface area contributed by atoms with E-state index in [4.69, 9.17) is 11.6 Å². The summed E-state index contributed by atoms with van der Waals surface area (Å²) in [6.07, 6.45) is 0. The summed E-state index contributed by atoms with van der Waals surface area (Å²) in [7, 11) is -1.72. The van der Waals surface area contributed by atoms with Crippen LogP contribution in [0.4, 0.5) is 5.69 Å². The maximum atomic E-state index is 12.2. The molecule has 2 rings (SSSR count). The van der Waals surface area contributed by atoms with Gasteiger partial charge in [0, 0.05) is 21.7 Å². The highest BCUT2D eigenvalue weighted by Gasteiger charge is 2.18. The van der Waals surface area contributed by atoms with E-state index in [1.165, 1.54) is 18.2 Å². The third-order valence-corrected chi connectivity index (χ3v) is 3.73. The van der Waals surface area contributed by atoms with Crippen molar-refractivity contribution in [3.05, 3.63) is 58.1 Å². The van der Waals surface area contributed by atoms with Gasteiger partial charge >= 0.3 is 7.12 Å². The molecule has 0 saturated heterocycles. The zero-order chi connectivity index (χ0) is 15.6. The van der Waals surface area contributed by atoms with Crippen LogP contribution in [0.25, 0.3) is 0 Å². The standard InChI is InChI=1S/C15H15BClNO3/c1-9-4-3-5-14(10(9)2)18-15(19)11-6-7-13(17)12(8-11)16(20)21/h3-8,20-21H,1-2H3,(H,18,19). The third kappa shape index (κ3) is 3.45. The average Bonchev–Trinajstić information content (AvgIpc) is 2.44. The van der Waals surface area contributed by atoms with E-state index >= 15 is 0 Å². The van der Waals surface area contributed by atoms with E-state index in [-0.39, 0.29) is 16.4 Å². The predicted octanol–water partition coefficient (Wildman–Crippen LogP) is 1.89. The monoisotopic (exact) mass is 303 g/mol. The summed E-state index contributed by atoms with van der Waals surface area (Å²) >= 11 is 5.85. The molecule has 0 spiro atoms. The van der Waals surface area contributed by atoms with Gasteiger partial charge in [-0.3, -0.25) is 4.79 Å². The van der Waals surface area contributed by atoms with Gasteiger partial charge in [0.25, 0.3) is 5.91 Å². The van der Waals surface area contributed by atoms with Gasteiger partial charge < -0.3 is 15.4 Å². The van der Waals surface area contributed by atoms with Gasteiger partial charge in [-0.1, -0.05) is 23.7 Å². The molecule has 4 nitrogen and oxygen atoms in total. The molecule has 0 aliphatic heterocycles. The van der Waals surface area contributed by atoms with E-state index in [0.717, 1.165) is 16.8 Å². The molecule has 3 N–H and O–H groups in total. The lowest BCUT2D eigenvalue weighted by Crippen LogP contribution is -2.32. The minimum atomic E-state index is -1.72. The Labute approximate surface area is 128 Å². The molecule has 0 unspecified atom stereocenters. The lowest BCUT2D eigenvalue weighted by molar-refractivity contribution is 0.102. The van der Waals surface area contributed by atoms with Crippen LogP contribution in [0.3, 0.4) is 0 Å². The molecule has 0 atom stereocenters. The number of rotatable bonds is 3. The number of aryl methyl sites for hydroxylation is 1. The van der Waals surface area contributed by atoms with Crippen molar-refractivity contribution in [1.29, 1.82) is 0 Å². The first-order valence-electron chi connectivity index (χ1n) is 6.43. The molecule has 0 aliphatic rings. The third-order valence-electron chi connectivity index (χ3n) is 3.39. The first-order chi connectivity index (χ1) is 9.90. The smallest absolute Gasteiger partial charge is 0.423 e. The highest BCUT2D eigenvalue weighted by molar-refractivity contribution is 6.62. The van der Waals surface area contributed by atoms with Crippen molar-refractivity contribution in [2.45, 2.75) is 13.8 Å². The maximum absolute atomic E-state index is 12.2. The fourth-order valence-corrected chi connectivity index (χ4v) is 2.18. The van der Waals surface area contributed by atoms with E-state index < -0.39 is 7.12 Å². The van der Waals surface area contributed by atoms with Gasteiger partial charge in [-0.05, 0) is 49.2 Å². The Balaban J connectivity index is 2.29. The summed E-state index contributed by atoms with van der Waals surface area (Å²) in [4.78, 5) is 12.2. The van der Waals surface area contributed by atoms with Crippen LogP contribution in [0.2, 0.25) is 5.02 Å². The van der Waals surface area contributed by atoms with Crippen LogP contribution >= 0.6 is 11.6 Å². The van der Waals surface area contributed by atoms with Gasteiger partial charge in [0.1, 0.15) is 0 Å². The number of amides is 1. The Hall–Kier alpha value is -1.82. The molecular formula is C15H15BClNO3. The Kier molecular flexibility index (Phi) is 4.68. The molecule has 108 valence electrons. The number of carbonyl (C=O) groups is 1. The lowest BCUT2D eigenvalue weighted by atomic mass is 9.79. The van der Waals surface area contributed by atoms with Crippen LogP contribution in [-0.4, -0.2) is 23.1 Å². The van der Waals surface area contributed by atoms with Crippen LogP contribution in [-0.2, 0) is 0 Å². The summed E-state index contributed by atoms with van der Waals surface area (Å²) < 4.78 is 0. The van der Waals surface area contributed by atoms with Gasteiger partial charge in [-0.2, -0.15) is 0 Å². The molecule has 0 aliphatic carbocycles. The number of nitrogens with one attached hydrogen (secondary N) is 1. The summed E-state index contributed by atoms with van der Waals surface area (Å²) in [6.45, 7) is 3.89. The quantitative estimate of drug-likeness (QED) is 0.758. The Bertz CT molecular complexity index is 689. The second-order valence-corrected chi connectivity index (χ2v) is 5.22. The molecule has 0 aromatic heterocycles. The maximum Gasteiger partial charge on any atom is 0.489 e. The summed E-state index contributed by atoms with van der Waals surface area (Å²) in [5, 5.41) is 21.5. The van der Waals surface area contributed by atoms with Gasteiger partial charge in [0.2, 0.25) is 0 Å². The minimum absolute atomic E-state index is 0.102. The normalized spacial score (nSPS) is 10.3. The Morgan fingerprint density at radius 2 is 1.90 bits per heavy atom. The van der Waals surface area contributed by atoms with Crippen LogP contribution in [0.5, 0.6) is 0 Å². The molecule has 0 bridgehead atoms. The van der Waals surface area contributed by atoms with Crippen LogP contribution in [0, 0.1) is 13.8 Å². The summed E-state index contributed by atoms with van der Waals surface area (Å²) in [5.41, 5.74) is 3.20. The van der Waals surface area contributed by atoms with Crippen molar-refractivity contribution in [1.82, 2.24) is 0 Å². The zero-order valence-corrected chi connectivity index (χ0v) is 12.5. The molecule has 21 heavy (non-hydrogen) atoms. The molecule has 0 heterocycles. The number of benzene rings is 2. The second-order valence-electron chi connectivity index (χ2n) is 4.81. The zero-order valence-electron chi connectivity index (χ0n) is 11.7. The van der Waals surface area contributed by atoms with Crippen molar-refractivity contribution in [3.8, 4) is 0 Å². The number of carbonyl (C=O) groups excluding carboxylic acids is 1. The second kappa shape index (κ2) is 6.31. The van der Waals surface area contributed by atoms with Gasteiger partial charge in [0.05, 0.1) is 0 Å². The number of halogens is 1. The lowest BCUT2D eigenvalue weighted by Gasteiger charge is -2.11. The molecule has 2 aromatic carbocycles. The van der Waals surface area contributed by atoms with Gasteiger partial charge in [-0.25, -0.2) is 0 Å². The average molecular weight is 304 g/mol. The molecule has 2 aromatic rings. The highest BCUT2D eigenvalue weighted by atomic mass is 35.5. The highest BCUT2D eigenvalue weighted by Crippen LogP contribution is 2.19. The number of hydrogen-bond acceptors (Lipinski definition) is 3. The van der Waals surface area contributed by atoms with Crippen molar-refractivity contribution < 1.29 is 14.8 Å². The Morgan fingerprint density at radius 1 is 1.19 bits per heavy atom. The van der Waals surface area contributed by atoms with Crippen molar-refractivity contribution in [2.75, 3.05) is 5.32 Å². The van der Waals surface area contributed by atoms with Crippen LogP contribution < -0.4 is 10.8 Å². The van der Waals surface area contributed by atoms with E-state index in [0.29, 0.717) is 5.56 Å². The largest absolute Gasteiger partial charge is 0.489 e. The number of anilines is 1. The first kappa shape index (κ1) is 15.6. The molecule has 1 amide bonds. The first-order valence-corrected chi connectivity index (χ1v) is 6.81. The van der Waals surface area contributed by atoms with E-state index in [1.54, 1.807) is 0 Å². The molecule has 0 saturated carbocycles. The van der Waals surface area contributed by atoms with Crippen molar-refractivity contribution in [2.24, 2.45) is 0 Å². The Morgan fingerprint density at radius 3 is 2.57 bits per heavy atom. The topological polar surface area (TPSA) is 69.6 Å². The van der Waals surface area contributed by atoms with Gasteiger partial charge in [-0.15, -0.1) is 0 Å². The molecule has 6 heteroatoms. The predicted molar refractivity (Wildman–Crippen MR) is 85.1 cm³/mol. The van der Waals surface area contributed by atoms with E-state index in [2.05, 4.69) is 5.32 Å². The van der Waals surface area contributed by atoms with Crippen LogP contribution in [0.1, 0.15) is 21.5 Å². The van der Waals surface area contributed by atoms with Crippen molar-refractivity contribution >= 4 is 35.8 Å². The van der Waals surface area contributed by atoms with E-state index in [1.807, 2.05) is 32.0 Å². The number of hydrogen-bond donors (Lipinski definition) is 3. The van der Waals surface area contributed by atoms with E-state index in [9.17, 15) is 14.8 Å². The fraction of sp³-hybridized carbons (Fsp3) is 0.133. The minimum Gasteiger partial charge on any atom is -0.423 e. The van der Waals surface area contributed by atoms with Gasteiger partial charge in [0.15, 0.2) is 0 Å². The van der Waals surface area contributed by atoms with Crippen LogP contribution in [0.15, 0.2) is 36.4 Å². The summed E-state index contributed by atoms with van der Waals surface area (Å²) in [5.74, 6) is -0.331. The van der Waals surface area contributed by atoms with Crippen molar-refractivity contribution in [3.63, 3.8) is 0 Å². The molecule has 0 fully saturated rings. The summed E-state index contributed by atoms with van der Waals surface area (Å²) in [6, 6.07) is 10.0.